The molecule has 1 unspecified atom stereocenters. The number of hydrogen-bond acceptors (Lipinski definition) is 2. The van der Waals surface area contributed by atoms with Gasteiger partial charge in [0.25, 0.3) is 5.91 Å². The van der Waals surface area contributed by atoms with Gasteiger partial charge in [0.2, 0.25) is 0 Å². The van der Waals surface area contributed by atoms with Crippen LogP contribution in [0, 0.1) is 0 Å². The Balaban J connectivity index is 4.86. The summed E-state index contributed by atoms with van der Waals surface area (Å²) in [5, 5.41) is 10.0. The van der Waals surface area contributed by atoms with Crippen molar-refractivity contribution in [3.8, 4) is 0 Å². The number of halogens is 4. The molecular formula is C8H11F4NO3. The fraction of sp³-hybridized carbons (Fsp3) is 0.750. The lowest BCUT2D eigenvalue weighted by atomic mass is 9.99. The molecule has 0 saturated heterocycles. The van der Waals surface area contributed by atoms with Crippen molar-refractivity contribution in [1.82, 2.24) is 5.32 Å². The van der Waals surface area contributed by atoms with E-state index in [4.69, 9.17) is 5.11 Å². The van der Waals surface area contributed by atoms with Crippen molar-refractivity contribution in [3.05, 3.63) is 0 Å². The molecule has 0 aromatic heterocycles. The van der Waals surface area contributed by atoms with E-state index in [1.54, 1.807) is 0 Å². The minimum Gasteiger partial charge on any atom is -0.480 e. The summed E-state index contributed by atoms with van der Waals surface area (Å²) in [4.78, 5) is 21.4. The quantitative estimate of drug-likeness (QED) is 0.716. The molecule has 0 bridgehead atoms. The summed E-state index contributed by atoms with van der Waals surface area (Å²) in [7, 11) is 0. The van der Waals surface area contributed by atoms with Crippen LogP contribution in [-0.4, -0.2) is 34.9 Å². The van der Waals surface area contributed by atoms with Crippen molar-refractivity contribution in [2.75, 3.05) is 0 Å². The maximum absolute atomic E-state index is 12.5. The van der Waals surface area contributed by atoms with E-state index in [-0.39, 0.29) is 6.42 Å². The number of carboxylic acids is 1. The smallest absolute Gasteiger partial charge is 0.383 e. The van der Waals surface area contributed by atoms with Crippen LogP contribution in [0.2, 0.25) is 0 Å². The summed E-state index contributed by atoms with van der Waals surface area (Å²) in [5.41, 5.74) is -1.99. The second-order valence-corrected chi connectivity index (χ2v) is 3.37. The molecule has 0 aromatic carbocycles. The molecule has 0 rings (SSSR count). The summed E-state index contributed by atoms with van der Waals surface area (Å²) in [6.45, 7) is 2.27. The van der Waals surface area contributed by atoms with Crippen LogP contribution in [-0.2, 0) is 9.59 Å². The standard InChI is InChI=1S/C8H11F4NO3/c1-3-7(2,6(15)16)13-5(14)8(11,12)4(9)10/h4H,3H2,1-2H3,(H,13,14)(H,15,16). The largest absolute Gasteiger partial charge is 0.480 e. The highest BCUT2D eigenvalue weighted by molar-refractivity contribution is 5.90. The first-order valence-electron chi connectivity index (χ1n) is 4.30. The Kier molecular flexibility index (Phi) is 4.28. The van der Waals surface area contributed by atoms with Crippen LogP contribution in [0.1, 0.15) is 20.3 Å². The van der Waals surface area contributed by atoms with Gasteiger partial charge in [-0.1, -0.05) is 6.92 Å². The van der Waals surface area contributed by atoms with Crippen molar-refractivity contribution < 1.29 is 32.3 Å². The minimum atomic E-state index is -4.90. The Hall–Kier alpha value is -1.34. The Labute approximate surface area is 88.6 Å². The van der Waals surface area contributed by atoms with Gasteiger partial charge in [0.05, 0.1) is 0 Å². The first kappa shape index (κ1) is 14.7. The van der Waals surface area contributed by atoms with Gasteiger partial charge in [-0.3, -0.25) is 4.79 Å². The number of alkyl halides is 4. The van der Waals surface area contributed by atoms with E-state index in [2.05, 4.69) is 0 Å². The average Bonchev–Trinajstić information content (AvgIpc) is 2.16. The van der Waals surface area contributed by atoms with Gasteiger partial charge in [0.15, 0.2) is 0 Å². The summed E-state index contributed by atoms with van der Waals surface area (Å²) in [6, 6.07) is 0. The van der Waals surface area contributed by atoms with E-state index in [9.17, 15) is 27.2 Å². The average molecular weight is 245 g/mol. The lowest BCUT2D eigenvalue weighted by molar-refractivity contribution is -0.173. The molecule has 4 nitrogen and oxygen atoms in total. The highest BCUT2D eigenvalue weighted by atomic mass is 19.3. The van der Waals surface area contributed by atoms with Crippen molar-refractivity contribution >= 4 is 11.9 Å². The van der Waals surface area contributed by atoms with Gasteiger partial charge in [-0.15, -0.1) is 0 Å². The molecule has 0 spiro atoms. The minimum absolute atomic E-state index is 0.215. The van der Waals surface area contributed by atoms with Crippen molar-refractivity contribution in [2.24, 2.45) is 0 Å². The van der Waals surface area contributed by atoms with Gasteiger partial charge in [-0.25, -0.2) is 13.6 Å². The molecule has 0 fully saturated rings. The number of amides is 1. The predicted octanol–water partition coefficient (Wildman–Crippen LogP) is 1.26. The first-order chi connectivity index (χ1) is 7.08. The molecule has 0 aliphatic rings. The molecule has 0 radical (unpaired) electrons. The normalized spacial score (nSPS) is 15.7. The van der Waals surface area contributed by atoms with Crippen molar-refractivity contribution in [1.29, 1.82) is 0 Å². The zero-order chi connectivity index (χ0) is 13.1. The van der Waals surface area contributed by atoms with Crippen LogP contribution in [0.5, 0.6) is 0 Å². The van der Waals surface area contributed by atoms with Crippen molar-refractivity contribution in [3.63, 3.8) is 0 Å². The van der Waals surface area contributed by atoms with E-state index in [1.807, 2.05) is 0 Å². The van der Waals surface area contributed by atoms with E-state index in [0.29, 0.717) is 0 Å². The molecule has 1 atom stereocenters. The summed E-state index contributed by atoms with van der Waals surface area (Å²) in [5.74, 6) is -8.77. The van der Waals surface area contributed by atoms with Crippen LogP contribution in [0.25, 0.3) is 0 Å². The molecule has 2 N–H and O–H groups in total. The fourth-order valence-corrected chi connectivity index (χ4v) is 0.726. The third-order valence-electron chi connectivity index (χ3n) is 2.15. The molecule has 1 amide bonds. The highest BCUT2D eigenvalue weighted by Gasteiger charge is 2.51. The molecule has 0 heterocycles. The Bertz CT molecular complexity index is 295. The van der Waals surface area contributed by atoms with Crippen LogP contribution in [0.4, 0.5) is 17.6 Å². The summed E-state index contributed by atoms with van der Waals surface area (Å²) in [6.07, 6.45) is -4.39. The lowest BCUT2D eigenvalue weighted by Gasteiger charge is -2.26. The van der Waals surface area contributed by atoms with E-state index < -0.39 is 29.8 Å². The van der Waals surface area contributed by atoms with Gasteiger partial charge in [-0.05, 0) is 13.3 Å². The second kappa shape index (κ2) is 4.67. The molecule has 94 valence electrons. The monoisotopic (exact) mass is 245 g/mol. The number of hydrogen-bond donors (Lipinski definition) is 2. The molecule has 8 heteroatoms. The maximum Gasteiger partial charge on any atom is 0.383 e. The van der Waals surface area contributed by atoms with E-state index >= 15 is 0 Å². The Morgan fingerprint density at radius 1 is 1.38 bits per heavy atom. The number of carbonyl (C=O) groups is 2. The summed E-state index contributed by atoms with van der Waals surface area (Å²) < 4.78 is 48.6. The Morgan fingerprint density at radius 2 is 1.81 bits per heavy atom. The summed E-state index contributed by atoms with van der Waals surface area (Å²) >= 11 is 0. The highest BCUT2D eigenvalue weighted by Crippen LogP contribution is 2.24. The van der Waals surface area contributed by atoms with Crippen LogP contribution >= 0.6 is 0 Å². The molecule has 0 saturated carbocycles. The first-order valence-corrected chi connectivity index (χ1v) is 4.30. The number of carbonyl (C=O) groups excluding carboxylic acids is 1. The Morgan fingerprint density at radius 3 is 2.06 bits per heavy atom. The van der Waals surface area contributed by atoms with Crippen LogP contribution in [0.15, 0.2) is 0 Å². The molecule has 16 heavy (non-hydrogen) atoms. The molecular weight excluding hydrogens is 234 g/mol. The zero-order valence-electron chi connectivity index (χ0n) is 8.56. The third-order valence-corrected chi connectivity index (χ3v) is 2.15. The topological polar surface area (TPSA) is 66.4 Å². The van der Waals surface area contributed by atoms with Gasteiger partial charge in [0.1, 0.15) is 5.54 Å². The third kappa shape index (κ3) is 2.83. The van der Waals surface area contributed by atoms with Crippen LogP contribution in [0.3, 0.4) is 0 Å². The zero-order valence-corrected chi connectivity index (χ0v) is 8.56. The van der Waals surface area contributed by atoms with Gasteiger partial charge in [0, 0.05) is 0 Å². The van der Waals surface area contributed by atoms with Gasteiger partial charge < -0.3 is 10.4 Å². The lowest BCUT2D eigenvalue weighted by Crippen LogP contribution is -2.57. The van der Waals surface area contributed by atoms with E-state index in [0.717, 1.165) is 6.92 Å². The second-order valence-electron chi connectivity index (χ2n) is 3.37. The van der Waals surface area contributed by atoms with Gasteiger partial charge >= 0.3 is 18.3 Å². The van der Waals surface area contributed by atoms with Gasteiger partial charge in [-0.2, -0.15) is 8.78 Å². The number of aliphatic carboxylic acids is 1. The number of nitrogens with one attached hydrogen (secondary N) is 1. The molecule has 0 aliphatic carbocycles. The number of carboxylic acid groups (broad SMARTS) is 1. The fourth-order valence-electron chi connectivity index (χ4n) is 0.726. The van der Waals surface area contributed by atoms with Crippen LogP contribution < -0.4 is 5.32 Å². The van der Waals surface area contributed by atoms with E-state index in [1.165, 1.54) is 12.2 Å². The molecule has 0 aliphatic heterocycles. The molecule has 0 aromatic rings. The predicted molar refractivity (Wildman–Crippen MR) is 45.4 cm³/mol. The maximum atomic E-state index is 12.5. The SMILES string of the molecule is CCC(C)(NC(=O)C(F)(F)C(F)F)C(=O)O. The number of rotatable bonds is 5. The van der Waals surface area contributed by atoms with Crippen molar-refractivity contribution in [2.45, 2.75) is 38.2 Å².